The quantitative estimate of drug-likeness (QED) is 0.716. The first-order valence-corrected chi connectivity index (χ1v) is 5.33. The van der Waals surface area contributed by atoms with E-state index in [2.05, 4.69) is 5.32 Å². The molecule has 1 aromatic rings. The van der Waals surface area contributed by atoms with E-state index >= 15 is 0 Å². The Morgan fingerprint density at radius 1 is 1.69 bits per heavy atom. The zero-order chi connectivity index (χ0) is 9.90. The molecule has 0 aliphatic rings. The van der Waals surface area contributed by atoms with Crippen LogP contribution in [0.3, 0.4) is 0 Å². The second-order valence-corrected chi connectivity index (χ2v) is 4.27. The predicted molar refractivity (Wildman–Crippen MR) is 48.2 cm³/mol. The van der Waals surface area contributed by atoms with Gasteiger partial charge in [-0.05, 0) is 13.0 Å². The maximum atomic E-state index is 10.5. The Hall–Kier alpha value is -1.01. The zero-order valence-electron chi connectivity index (χ0n) is 7.10. The average Bonchev–Trinajstić information content (AvgIpc) is 2.34. The molecular formula is C7H11NO4S. The summed E-state index contributed by atoms with van der Waals surface area (Å²) in [6.07, 6.45) is 1.47. The number of anilines is 1. The molecule has 0 amide bonds. The molecule has 74 valence electrons. The summed E-state index contributed by atoms with van der Waals surface area (Å²) in [5.41, 5.74) is 0. The van der Waals surface area contributed by atoms with Gasteiger partial charge in [0, 0.05) is 12.1 Å². The maximum absolute atomic E-state index is 10.5. The first kappa shape index (κ1) is 10.1. The molecule has 1 rings (SSSR count). The van der Waals surface area contributed by atoms with Crippen LogP contribution < -0.4 is 5.32 Å². The van der Waals surface area contributed by atoms with Gasteiger partial charge in [-0.1, -0.05) is 0 Å². The van der Waals surface area contributed by atoms with E-state index < -0.39 is 10.1 Å². The first-order valence-electron chi connectivity index (χ1n) is 3.72. The lowest BCUT2D eigenvalue weighted by atomic mass is 10.4. The Labute approximate surface area is 76.5 Å². The summed E-state index contributed by atoms with van der Waals surface area (Å²) in [5.74, 6) is 0.143. The van der Waals surface area contributed by atoms with Gasteiger partial charge in [0.15, 0.2) is 5.88 Å². The Morgan fingerprint density at radius 2 is 2.38 bits per heavy atom. The van der Waals surface area contributed by atoms with Crippen LogP contribution in [0.15, 0.2) is 22.8 Å². The van der Waals surface area contributed by atoms with E-state index in [0.717, 1.165) is 0 Å². The van der Waals surface area contributed by atoms with Crippen LogP contribution in [0, 0.1) is 0 Å². The molecule has 0 saturated heterocycles. The largest absolute Gasteiger partial charge is 0.449 e. The predicted octanol–water partition coefficient (Wildman–Crippen LogP) is 0.968. The van der Waals surface area contributed by atoms with Crippen LogP contribution in [-0.4, -0.2) is 24.8 Å². The van der Waals surface area contributed by atoms with Crippen LogP contribution in [0.2, 0.25) is 0 Å². The number of nitrogens with one attached hydrogen (secondary N) is 1. The van der Waals surface area contributed by atoms with Crippen molar-refractivity contribution >= 4 is 16.0 Å². The van der Waals surface area contributed by atoms with Crippen molar-refractivity contribution in [3.63, 3.8) is 0 Å². The third-order valence-electron chi connectivity index (χ3n) is 1.37. The van der Waals surface area contributed by atoms with Crippen LogP contribution in [0.1, 0.15) is 6.92 Å². The summed E-state index contributed by atoms with van der Waals surface area (Å²) in [7, 11) is -3.93. The first-order chi connectivity index (χ1) is 5.97. The van der Waals surface area contributed by atoms with Crippen molar-refractivity contribution in [2.45, 2.75) is 13.0 Å². The van der Waals surface area contributed by atoms with Gasteiger partial charge in [-0.2, -0.15) is 8.42 Å². The van der Waals surface area contributed by atoms with Gasteiger partial charge in [0.2, 0.25) is 0 Å². The Morgan fingerprint density at radius 3 is 2.85 bits per heavy atom. The number of hydrogen-bond donors (Lipinski definition) is 2. The van der Waals surface area contributed by atoms with Crippen LogP contribution in [-0.2, 0) is 10.1 Å². The summed E-state index contributed by atoms with van der Waals surface area (Å²) in [5, 5.41) is 2.77. The van der Waals surface area contributed by atoms with Gasteiger partial charge in [0.1, 0.15) is 0 Å². The molecule has 0 aliphatic heterocycles. The molecule has 0 saturated carbocycles. The highest BCUT2D eigenvalue weighted by Crippen LogP contribution is 2.08. The minimum absolute atomic E-state index is 0.340. The number of rotatable bonds is 4. The van der Waals surface area contributed by atoms with Gasteiger partial charge >= 0.3 is 0 Å². The molecule has 0 bridgehead atoms. The molecule has 0 radical (unpaired) electrons. The molecule has 13 heavy (non-hydrogen) atoms. The molecule has 1 aromatic heterocycles. The van der Waals surface area contributed by atoms with Crippen molar-refractivity contribution in [3.05, 3.63) is 18.4 Å². The third kappa shape index (κ3) is 3.95. The summed E-state index contributed by atoms with van der Waals surface area (Å²) in [6.45, 7) is 1.64. The lowest BCUT2D eigenvalue weighted by molar-refractivity contribution is 0.479. The van der Waals surface area contributed by atoms with Crippen molar-refractivity contribution < 1.29 is 17.4 Å². The van der Waals surface area contributed by atoms with E-state index in [1.54, 1.807) is 19.1 Å². The summed E-state index contributed by atoms with van der Waals surface area (Å²) >= 11 is 0. The molecule has 1 atom stereocenters. The smallest absolute Gasteiger partial charge is 0.266 e. The van der Waals surface area contributed by atoms with E-state index in [1.165, 1.54) is 6.26 Å². The fraction of sp³-hybridized carbons (Fsp3) is 0.429. The minimum Gasteiger partial charge on any atom is -0.449 e. The van der Waals surface area contributed by atoms with E-state index in [-0.39, 0.29) is 11.8 Å². The van der Waals surface area contributed by atoms with Crippen molar-refractivity contribution in [2.24, 2.45) is 0 Å². The van der Waals surface area contributed by atoms with Crippen molar-refractivity contribution in [3.8, 4) is 0 Å². The molecule has 2 N–H and O–H groups in total. The van der Waals surface area contributed by atoms with Crippen LogP contribution in [0.5, 0.6) is 0 Å². The molecule has 0 spiro atoms. The van der Waals surface area contributed by atoms with E-state index in [4.69, 9.17) is 8.97 Å². The number of hydrogen-bond acceptors (Lipinski definition) is 4. The molecular weight excluding hydrogens is 194 g/mol. The van der Waals surface area contributed by atoms with Crippen molar-refractivity contribution in [2.75, 3.05) is 11.1 Å². The summed E-state index contributed by atoms with van der Waals surface area (Å²) in [6, 6.07) is 2.96. The molecule has 6 heteroatoms. The summed E-state index contributed by atoms with van der Waals surface area (Å²) < 4.78 is 34.4. The van der Waals surface area contributed by atoms with Crippen molar-refractivity contribution in [1.29, 1.82) is 0 Å². The summed E-state index contributed by atoms with van der Waals surface area (Å²) in [4.78, 5) is 0. The Bertz CT molecular complexity index is 343. The van der Waals surface area contributed by atoms with Crippen molar-refractivity contribution in [1.82, 2.24) is 0 Å². The highest BCUT2D eigenvalue weighted by molar-refractivity contribution is 7.85. The standard InChI is InChI=1S/C7H11NO4S/c1-6(5-13(9,10)11)8-7-3-2-4-12-7/h2-4,6,8H,5H2,1H3,(H,9,10,11). The molecule has 0 fully saturated rings. The van der Waals surface area contributed by atoms with Crippen LogP contribution >= 0.6 is 0 Å². The SMILES string of the molecule is CC(CS(=O)(=O)O)Nc1ccco1. The molecule has 1 heterocycles. The zero-order valence-corrected chi connectivity index (χ0v) is 7.91. The Balaban J connectivity index is 2.47. The average molecular weight is 205 g/mol. The third-order valence-corrected chi connectivity index (χ3v) is 2.29. The minimum atomic E-state index is -3.93. The van der Waals surface area contributed by atoms with Gasteiger partial charge in [-0.3, -0.25) is 4.55 Å². The fourth-order valence-electron chi connectivity index (χ4n) is 0.961. The van der Waals surface area contributed by atoms with Gasteiger partial charge in [0.05, 0.1) is 12.0 Å². The fourth-order valence-corrected chi connectivity index (χ4v) is 1.68. The second kappa shape index (κ2) is 3.80. The molecule has 0 aromatic carbocycles. The highest BCUT2D eigenvalue weighted by Gasteiger charge is 2.12. The normalized spacial score (nSPS) is 14.0. The molecule has 1 unspecified atom stereocenters. The van der Waals surface area contributed by atoms with Gasteiger partial charge in [0.25, 0.3) is 10.1 Å². The number of furan rings is 1. The van der Waals surface area contributed by atoms with Crippen LogP contribution in [0.25, 0.3) is 0 Å². The molecule has 5 nitrogen and oxygen atoms in total. The van der Waals surface area contributed by atoms with E-state index in [1.807, 2.05) is 0 Å². The second-order valence-electron chi connectivity index (χ2n) is 2.77. The van der Waals surface area contributed by atoms with Gasteiger partial charge < -0.3 is 9.73 Å². The van der Waals surface area contributed by atoms with E-state index in [9.17, 15) is 8.42 Å². The topological polar surface area (TPSA) is 79.5 Å². The lowest BCUT2D eigenvalue weighted by Crippen LogP contribution is -2.24. The highest BCUT2D eigenvalue weighted by atomic mass is 32.2. The lowest BCUT2D eigenvalue weighted by Gasteiger charge is -2.09. The Kier molecular flexibility index (Phi) is 2.94. The van der Waals surface area contributed by atoms with E-state index in [0.29, 0.717) is 5.88 Å². The maximum Gasteiger partial charge on any atom is 0.266 e. The van der Waals surface area contributed by atoms with Crippen LogP contribution in [0.4, 0.5) is 5.88 Å². The van der Waals surface area contributed by atoms with Gasteiger partial charge in [-0.15, -0.1) is 0 Å². The monoisotopic (exact) mass is 205 g/mol. The molecule has 0 aliphatic carbocycles. The van der Waals surface area contributed by atoms with Gasteiger partial charge in [-0.25, -0.2) is 0 Å².